The maximum Gasteiger partial charge on any atom is 0.339 e. The quantitative estimate of drug-likeness (QED) is 0.749. The van der Waals surface area contributed by atoms with Gasteiger partial charge in [-0.2, -0.15) is 0 Å². The van der Waals surface area contributed by atoms with E-state index < -0.39 is 5.97 Å². The molecule has 0 bridgehead atoms. The topological polar surface area (TPSA) is 39.2 Å². The molecule has 0 N–H and O–H groups in total. The van der Waals surface area contributed by atoms with Crippen LogP contribution in [0.4, 0.5) is 4.39 Å². The number of aryl methyl sites for hydroxylation is 1. The first-order chi connectivity index (χ1) is 8.13. The van der Waals surface area contributed by atoms with Crippen molar-refractivity contribution in [1.82, 2.24) is 4.98 Å². The third kappa shape index (κ3) is 2.11. The van der Waals surface area contributed by atoms with E-state index >= 15 is 0 Å². The Morgan fingerprint density at radius 2 is 2.24 bits per heavy atom. The molecule has 0 saturated heterocycles. The monoisotopic (exact) mass is 233 g/mol. The molecule has 3 nitrogen and oxygen atoms in total. The highest BCUT2D eigenvalue weighted by molar-refractivity contribution is 5.95. The standard InChI is InChI=1S/C13H12FNO2/c1-3-17-13(16)9-7-10-11(14)5-4-6-12(10)15-8(9)2/h4-7H,3H2,1-2H3. The van der Waals surface area contributed by atoms with Crippen LogP contribution < -0.4 is 0 Å². The van der Waals surface area contributed by atoms with Crippen molar-refractivity contribution < 1.29 is 13.9 Å². The number of rotatable bonds is 2. The fraction of sp³-hybridized carbons (Fsp3) is 0.231. The molecule has 0 saturated carbocycles. The lowest BCUT2D eigenvalue weighted by atomic mass is 10.1. The summed E-state index contributed by atoms with van der Waals surface area (Å²) in [6, 6.07) is 6.13. The smallest absolute Gasteiger partial charge is 0.339 e. The molecular weight excluding hydrogens is 221 g/mol. The zero-order valence-corrected chi connectivity index (χ0v) is 9.66. The molecular formula is C13H12FNO2. The van der Waals surface area contributed by atoms with E-state index in [0.29, 0.717) is 22.2 Å². The van der Waals surface area contributed by atoms with Gasteiger partial charge in [0.15, 0.2) is 0 Å². The molecule has 1 aromatic heterocycles. The minimum atomic E-state index is -0.470. The minimum Gasteiger partial charge on any atom is -0.462 e. The molecule has 0 spiro atoms. The SMILES string of the molecule is CCOC(=O)c1cc2c(F)cccc2nc1C. The Morgan fingerprint density at radius 1 is 1.47 bits per heavy atom. The highest BCUT2D eigenvalue weighted by atomic mass is 19.1. The van der Waals surface area contributed by atoms with Gasteiger partial charge in [0.05, 0.1) is 23.4 Å². The number of hydrogen-bond donors (Lipinski definition) is 0. The summed E-state index contributed by atoms with van der Waals surface area (Å²) >= 11 is 0. The summed E-state index contributed by atoms with van der Waals surface area (Å²) in [5, 5.41) is 0.334. The van der Waals surface area contributed by atoms with Crippen molar-refractivity contribution in [3.63, 3.8) is 0 Å². The number of fused-ring (bicyclic) bond motifs is 1. The summed E-state index contributed by atoms with van der Waals surface area (Å²) in [6.07, 6.45) is 0. The van der Waals surface area contributed by atoms with Crippen LogP contribution in [0.15, 0.2) is 24.3 Å². The molecule has 88 valence electrons. The number of carbonyl (C=O) groups excluding carboxylic acids is 1. The lowest BCUT2D eigenvalue weighted by Crippen LogP contribution is -2.08. The third-order valence-electron chi connectivity index (χ3n) is 2.49. The normalized spacial score (nSPS) is 10.5. The number of nitrogens with zero attached hydrogens (tertiary/aromatic N) is 1. The molecule has 0 aliphatic carbocycles. The van der Waals surface area contributed by atoms with Crippen LogP contribution in [0.2, 0.25) is 0 Å². The number of pyridine rings is 1. The van der Waals surface area contributed by atoms with Crippen LogP contribution in [-0.2, 0) is 4.74 Å². The van der Waals surface area contributed by atoms with Gasteiger partial charge in [-0.1, -0.05) is 6.07 Å². The van der Waals surface area contributed by atoms with Gasteiger partial charge in [0, 0.05) is 5.39 Å². The summed E-state index contributed by atoms with van der Waals surface area (Å²) in [6.45, 7) is 3.71. The highest BCUT2D eigenvalue weighted by Crippen LogP contribution is 2.20. The fourth-order valence-electron chi connectivity index (χ4n) is 1.67. The molecule has 0 aliphatic rings. The lowest BCUT2D eigenvalue weighted by molar-refractivity contribution is 0.0525. The molecule has 1 aromatic carbocycles. The van der Waals surface area contributed by atoms with Crippen molar-refractivity contribution in [3.05, 3.63) is 41.3 Å². The first-order valence-corrected chi connectivity index (χ1v) is 5.36. The van der Waals surface area contributed by atoms with E-state index in [2.05, 4.69) is 4.98 Å². The van der Waals surface area contributed by atoms with Gasteiger partial charge in [-0.3, -0.25) is 4.98 Å². The Hall–Kier alpha value is -1.97. The summed E-state index contributed by atoms with van der Waals surface area (Å²) in [5.74, 6) is -0.858. The largest absolute Gasteiger partial charge is 0.462 e. The van der Waals surface area contributed by atoms with Gasteiger partial charge < -0.3 is 4.74 Å². The number of esters is 1. The van der Waals surface area contributed by atoms with Crippen molar-refractivity contribution in [2.45, 2.75) is 13.8 Å². The van der Waals surface area contributed by atoms with E-state index in [4.69, 9.17) is 4.74 Å². The summed E-state index contributed by atoms with van der Waals surface area (Å²) in [5.41, 5.74) is 1.39. The molecule has 1 heterocycles. The van der Waals surface area contributed by atoms with E-state index in [1.54, 1.807) is 26.0 Å². The number of hydrogen-bond acceptors (Lipinski definition) is 3. The first-order valence-electron chi connectivity index (χ1n) is 5.36. The van der Waals surface area contributed by atoms with Gasteiger partial charge in [-0.05, 0) is 32.0 Å². The van der Waals surface area contributed by atoms with Crippen LogP contribution in [0.1, 0.15) is 23.0 Å². The molecule has 0 amide bonds. The second-order valence-corrected chi connectivity index (χ2v) is 3.65. The first kappa shape index (κ1) is 11.5. The molecule has 0 fully saturated rings. The van der Waals surface area contributed by atoms with Gasteiger partial charge in [0.25, 0.3) is 0 Å². The van der Waals surface area contributed by atoms with Crippen LogP contribution in [0, 0.1) is 12.7 Å². The van der Waals surface area contributed by atoms with Gasteiger partial charge in [0.1, 0.15) is 5.82 Å². The second kappa shape index (κ2) is 4.49. The number of aromatic nitrogens is 1. The lowest BCUT2D eigenvalue weighted by Gasteiger charge is -2.07. The van der Waals surface area contributed by atoms with Crippen molar-refractivity contribution in [2.24, 2.45) is 0 Å². The van der Waals surface area contributed by atoms with Gasteiger partial charge in [-0.25, -0.2) is 9.18 Å². The molecule has 0 aliphatic heterocycles. The molecule has 0 radical (unpaired) electrons. The number of halogens is 1. The summed E-state index contributed by atoms with van der Waals surface area (Å²) in [7, 11) is 0. The third-order valence-corrected chi connectivity index (χ3v) is 2.49. The van der Waals surface area contributed by atoms with Gasteiger partial charge in [-0.15, -0.1) is 0 Å². The Balaban J connectivity index is 2.61. The van der Waals surface area contributed by atoms with Gasteiger partial charge in [0.2, 0.25) is 0 Å². The molecule has 17 heavy (non-hydrogen) atoms. The number of ether oxygens (including phenoxy) is 1. The van der Waals surface area contributed by atoms with Crippen LogP contribution in [0.3, 0.4) is 0 Å². The molecule has 0 unspecified atom stereocenters. The zero-order chi connectivity index (χ0) is 12.4. The predicted octanol–water partition coefficient (Wildman–Crippen LogP) is 2.86. The van der Waals surface area contributed by atoms with Crippen molar-refractivity contribution in [2.75, 3.05) is 6.61 Å². The van der Waals surface area contributed by atoms with E-state index in [1.165, 1.54) is 12.1 Å². The van der Waals surface area contributed by atoms with Crippen molar-refractivity contribution in [1.29, 1.82) is 0 Å². The fourth-order valence-corrected chi connectivity index (χ4v) is 1.67. The number of benzene rings is 1. The van der Waals surface area contributed by atoms with Crippen LogP contribution in [0.25, 0.3) is 10.9 Å². The Kier molecular flexibility index (Phi) is 3.04. The van der Waals surface area contributed by atoms with E-state index in [0.717, 1.165) is 0 Å². The molecule has 0 atom stereocenters. The summed E-state index contributed by atoms with van der Waals surface area (Å²) < 4.78 is 18.5. The summed E-state index contributed by atoms with van der Waals surface area (Å²) in [4.78, 5) is 15.8. The zero-order valence-electron chi connectivity index (χ0n) is 9.66. The Bertz CT molecular complexity index is 581. The van der Waals surface area contributed by atoms with Crippen molar-refractivity contribution in [3.8, 4) is 0 Å². The van der Waals surface area contributed by atoms with Crippen LogP contribution >= 0.6 is 0 Å². The second-order valence-electron chi connectivity index (χ2n) is 3.65. The number of carbonyl (C=O) groups is 1. The van der Waals surface area contributed by atoms with Crippen LogP contribution in [0.5, 0.6) is 0 Å². The Labute approximate surface area is 98.2 Å². The highest BCUT2D eigenvalue weighted by Gasteiger charge is 2.13. The van der Waals surface area contributed by atoms with Gasteiger partial charge >= 0.3 is 5.97 Å². The maximum absolute atomic E-state index is 13.6. The van der Waals surface area contributed by atoms with E-state index in [1.807, 2.05) is 0 Å². The predicted molar refractivity (Wildman–Crippen MR) is 62.4 cm³/mol. The molecule has 2 rings (SSSR count). The van der Waals surface area contributed by atoms with E-state index in [-0.39, 0.29) is 12.4 Å². The molecule has 2 aromatic rings. The van der Waals surface area contributed by atoms with Crippen molar-refractivity contribution >= 4 is 16.9 Å². The van der Waals surface area contributed by atoms with E-state index in [9.17, 15) is 9.18 Å². The Morgan fingerprint density at radius 3 is 2.94 bits per heavy atom. The molecule has 4 heteroatoms. The maximum atomic E-state index is 13.6. The average Bonchev–Trinajstić information content (AvgIpc) is 2.29. The minimum absolute atomic E-state index is 0.285. The van der Waals surface area contributed by atoms with Crippen LogP contribution in [-0.4, -0.2) is 17.6 Å². The average molecular weight is 233 g/mol.